The van der Waals surface area contributed by atoms with Crippen molar-refractivity contribution in [2.24, 2.45) is 0 Å². The van der Waals surface area contributed by atoms with Crippen molar-refractivity contribution >= 4 is 45.2 Å². The van der Waals surface area contributed by atoms with Gasteiger partial charge in [-0.15, -0.1) is 0 Å². The van der Waals surface area contributed by atoms with Gasteiger partial charge >= 0.3 is 11.9 Å². The minimum absolute atomic E-state index is 0.240. The van der Waals surface area contributed by atoms with Crippen LogP contribution in [0.2, 0.25) is 0 Å². The van der Waals surface area contributed by atoms with E-state index in [0.29, 0.717) is 61.9 Å². The first-order chi connectivity index (χ1) is 16.2. The maximum atomic E-state index is 13.0. The molecule has 0 N–H and O–H groups in total. The van der Waals surface area contributed by atoms with Gasteiger partial charge in [0.2, 0.25) is 0 Å². The van der Waals surface area contributed by atoms with Crippen molar-refractivity contribution in [2.45, 2.75) is 13.1 Å². The lowest BCUT2D eigenvalue weighted by Crippen LogP contribution is -2.12. The molecule has 2 aliphatic heterocycles. The van der Waals surface area contributed by atoms with Crippen molar-refractivity contribution in [1.29, 1.82) is 0 Å². The minimum atomic E-state index is -0.664. The number of nitrogens with zero attached hydrogens (tertiary/aromatic N) is 4. The lowest BCUT2D eigenvalue weighted by molar-refractivity contribution is -0.149. The predicted molar refractivity (Wildman–Crippen MR) is 119 cm³/mol. The topological polar surface area (TPSA) is 97.5 Å². The standard InChI is InChI=1S/C24H20N4O5/c29-23-19-17-13-27(21-15(17)3-1-5-25-21)7-9-31-11-12-32-10-8-28-14-18(20(19)24(30)33-23)16-4-2-6-26-22(16)28/h1-6,13-14H,7-12H2. The summed E-state index contributed by atoms with van der Waals surface area (Å²) in [6.45, 7) is 2.97. The first kappa shape index (κ1) is 19.8. The number of aromatic nitrogens is 4. The summed E-state index contributed by atoms with van der Waals surface area (Å²) in [5.41, 5.74) is 3.13. The highest BCUT2D eigenvalue weighted by Gasteiger charge is 2.38. The summed E-state index contributed by atoms with van der Waals surface area (Å²) in [6, 6.07) is 7.40. The second kappa shape index (κ2) is 7.95. The van der Waals surface area contributed by atoms with Crippen LogP contribution in [-0.4, -0.2) is 57.5 Å². The zero-order valence-electron chi connectivity index (χ0n) is 17.7. The van der Waals surface area contributed by atoms with E-state index in [4.69, 9.17) is 14.2 Å². The first-order valence-electron chi connectivity index (χ1n) is 10.8. The quantitative estimate of drug-likeness (QED) is 0.304. The third kappa shape index (κ3) is 3.24. The number of hydrogen-bond donors (Lipinski definition) is 0. The van der Waals surface area contributed by atoms with Gasteiger partial charge in [-0.3, -0.25) is 0 Å². The number of pyridine rings is 2. The number of esters is 2. The predicted octanol–water partition coefficient (Wildman–Crippen LogP) is 2.43. The average molecular weight is 444 g/mol. The summed E-state index contributed by atoms with van der Waals surface area (Å²) in [7, 11) is 0. The molecule has 0 radical (unpaired) electrons. The molecule has 33 heavy (non-hydrogen) atoms. The largest absolute Gasteiger partial charge is 0.386 e. The molecule has 0 aliphatic carbocycles. The van der Waals surface area contributed by atoms with E-state index >= 15 is 0 Å². The molecule has 0 amide bonds. The van der Waals surface area contributed by atoms with Gasteiger partial charge in [0.15, 0.2) is 0 Å². The maximum absolute atomic E-state index is 13.0. The van der Waals surface area contributed by atoms with Gasteiger partial charge in [0.1, 0.15) is 11.3 Å². The minimum Gasteiger partial charge on any atom is -0.386 e. The summed E-state index contributed by atoms with van der Waals surface area (Å²) in [6.07, 6.45) is 7.09. The molecule has 0 atom stereocenters. The van der Waals surface area contributed by atoms with E-state index in [9.17, 15) is 9.59 Å². The molecule has 2 aliphatic rings. The van der Waals surface area contributed by atoms with Crippen LogP contribution in [0.1, 0.15) is 11.1 Å². The molecule has 0 fully saturated rings. The number of hydrogen-bond acceptors (Lipinski definition) is 7. The number of carbonyl (C=O) groups excluding carboxylic acids is 2. The molecule has 9 heteroatoms. The van der Waals surface area contributed by atoms with E-state index in [2.05, 4.69) is 9.97 Å². The van der Waals surface area contributed by atoms with Crippen LogP contribution in [0.5, 0.6) is 0 Å². The molecule has 6 heterocycles. The van der Waals surface area contributed by atoms with Crippen LogP contribution in [0, 0.1) is 0 Å². The van der Waals surface area contributed by atoms with Gasteiger partial charge in [-0.1, -0.05) is 0 Å². The molecule has 0 aromatic carbocycles. The summed E-state index contributed by atoms with van der Waals surface area (Å²) in [5, 5.41) is 1.54. The summed E-state index contributed by atoms with van der Waals surface area (Å²) in [4.78, 5) is 34.9. The lowest BCUT2D eigenvalue weighted by Gasteiger charge is -2.08. The van der Waals surface area contributed by atoms with Crippen molar-refractivity contribution in [3.05, 3.63) is 60.2 Å². The number of carbonyl (C=O) groups is 2. The molecule has 0 saturated carbocycles. The Labute approximate surface area is 188 Å². The lowest BCUT2D eigenvalue weighted by atomic mass is 9.96. The van der Waals surface area contributed by atoms with Crippen molar-refractivity contribution in [1.82, 2.24) is 19.1 Å². The van der Waals surface area contributed by atoms with Crippen molar-refractivity contribution in [2.75, 3.05) is 26.4 Å². The van der Waals surface area contributed by atoms with E-state index < -0.39 is 11.9 Å². The average Bonchev–Trinajstić information content (AvgIpc) is 3.46. The fourth-order valence-corrected chi connectivity index (χ4v) is 4.51. The van der Waals surface area contributed by atoms with Crippen molar-refractivity contribution < 1.29 is 23.8 Å². The highest BCUT2D eigenvalue weighted by Crippen LogP contribution is 2.40. The molecule has 9 nitrogen and oxygen atoms in total. The maximum Gasteiger partial charge on any atom is 0.347 e. The van der Waals surface area contributed by atoms with Crippen LogP contribution in [0.3, 0.4) is 0 Å². The number of fused-ring (bicyclic) bond motifs is 12. The van der Waals surface area contributed by atoms with Crippen LogP contribution in [0.25, 0.3) is 33.2 Å². The summed E-state index contributed by atoms with van der Waals surface area (Å²) in [5.74, 6) is -1.33. The van der Waals surface area contributed by atoms with Gasteiger partial charge in [0.05, 0.1) is 37.6 Å². The normalized spacial score (nSPS) is 17.6. The van der Waals surface area contributed by atoms with Crippen LogP contribution in [0.4, 0.5) is 0 Å². The molecule has 166 valence electrons. The Morgan fingerprint density at radius 3 is 1.67 bits per heavy atom. The highest BCUT2D eigenvalue weighted by molar-refractivity contribution is 6.46. The molecular weight excluding hydrogens is 424 g/mol. The fourth-order valence-electron chi connectivity index (χ4n) is 4.51. The molecule has 0 spiro atoms. The van der Waals surface area contributed by atoms with E-state index in [0.717, 1.165) is 10.8 Å². The smallest absolute Gasteiger partial charge is 0.347 e. The Balaban J connectivity index is 1.64. The Hall–Kier alpha value is -3.82. The van der Waals surface area contributed by atoms with Gasteiger partial charge in [-0.05, 0) is 24.3 Å². The van der Waals surface area contributed by atoms with Gasteiger partial charge in [0.25, 0.3) is 0 Å². The third-order valence-corrected chi connectivity index (χ3v) is 5.98. The number of rotatable bonds is 0. The van der Waals surface area contributed by atoms with E-state index in [-0.39, 0.29) is 11.1 Å². The monoisotopic (exact) mass is 444 g/mol. The zero-order valence-corrected chi connectivity index (χ0v) is 17.7. The van der Waals surface area contributed by atoms with Crippen LogP contribution >= 0.6 is 0 Å². The summed E-state index contributed by atoms with van der Waals surface area (Å²) >= 11 is 0. The number of cyclic esters (lactones) is 2. The van der Waals surface area contributed by atoms with Gasteiger partial charge < -0.3 is 23.3 Å². The van der Waals surface area contributed by atoms with E-state index in [1.165, 1.54) is 0 Å². The Kier molecular flexibility index (Phi) is 4.78. The SMILES string of the molecule is O=C1OC(=O)C2=C1c1cn(c3ncccc13)CCOCCOCCn1cc2c2cccnc21. The van der Waals surface area contributed by atoms with Gasteiger partial charge in [-0.2, -0.15) is 0 Å². The van der Waals surface area contributed by atoms with Crippen molar-refractivity contribution in [3.8, 4) is 0 Å². The van der Waals surface area contributed by atoms with Gasteiger partial charge in [0, 0.05) is 59.8 Å². The Bertz CT molecular complexity index is 1340. The summed E-state index contributed by atoms with van der Waals surface area (Å²) < 4.78 is 20.4. The molecule has 0 saturated heterocycles. The van der Waals surface area contributed by atoms with Crippen LogP contribution < -0.4 is 0 Å². The molecule has 0 unspecified atom stereocenters. The third-order valence-electron chi connectivity index (χ3n) is 5.98. The van der Waals surface area contributed by atoms with Crippen molar-refractivity contribution in [3.63, 3.8) is 0 Å². The van der Waals surface area contributed by atoms with Crippen LogP contribution in [-0.2, 0) is 36.9 Å². The highest BCUT2D eigenvalue weighted by atomic mass is 16.6. The molecular formula is C24H20N4O5. The van der Waals surface area contributed by atoms with Gasteiger partial charge in [-0.25, -0.2) is 19.6 Å². The number of ether oxygens (including phenoxy) is 3. The second-order valence-corrected chi connectivity index (χ2v) is 7.87. The fraction of sp³-hybridized carbons (Fsp3) is 0.250. The zero-order chi connectivity index (χ0) is 22.4. The molecule has 4 aromatic heterocycles. The Morgan fingerprint density at radius 1 is 0.697 bits per heavy atom. The van der Waals surface area contributed by atoms with E-state index in [1.54, 1.807) is 12.4 Å². The molecule has 6 rings (SSSR count). The van der Waals surface area contributed by atoms with Crippen LogP contribution in [0.15, 0.2) is 49.1 Å². The molecule has 4 bridgehead atoms. The second-order valence-electron chi connectivity index (χ2n) is 7.87. The first-order valence-corrected chi connectivity index (χ1v) is 10.8. The Morgan fingerprint density at radius 2 is 1.18 bits per heavy atom. The molecule has 4 aromatic rings. The van der Waals surface area contributed by atoms with E-state index in [1.807, 2.05) is 45.8 Å².